The molecule has 0 bridgehead atoms. The highest BCUT2D eigenvalue weighted by Crippen LogP contribution is 2.20. The van der Waals surface area contributed by atoms with Crippen LogP contribution in [-0.4, -0.2) is 4.98 Å². The number of aromatic nitrogens is 1. The first kappa shape index (κ1) is 9.93. The van der Waals surface area contributed by atoms with E-state index >= 15 is 0 Å². The predicted octanol–water partition coefficient (Wildman–Crippen LogP) is -0.143. The average molecular weight is 317 g/mol. The third-order valence-electron chi connectivity index (χ3n) is 1.88. The van der Waals surface area contributed by atoms with Crippen LogP contribution in [0.25, 0.3) is 11.1 Å². The number of pyridine rings is 1. The molecule has 0 N–H and O–H groups in total. The lowest BCUT2D eigenvalue weighted by atomic mass is 10.1. The molecule has 0 atom stereocenters. The Morgan fingerprint density at radius 2 is 1.71 bits per heavy atom. The summed E-state index contributed by atoms with van der Waals surface area (Å²) in [5, 5.41) is 0.548. The summed E-state index contributed by atoms with van der Waals surface area (Å²) >= 11 is 7.76. The topological polar surface area (TPSA) is 12.9 Å². The minimum absolute atomic E-state index is 0.548. The number of halogens is 2. The molecule has 2 rings (SSSR count). The zero-order chi connectivity index (χ0) is 9.97. The Bertz CT molecular complexity index is 422. The lowest BCUT2D eigenvalue weighted by Crippen LogP contribution is -3.34. The summed E-state index contributed by atoms with van der Waals surface area (Å²) in [5.74, 6) is 0. The van der Waals surface area contributed by atoms with Crippen molar-refractivity contribution in [2.45, 2.75) is 0 Å². The fraction of sp³-hybridized carbons (Fsp3) is 0. The van der Waals surface area contributed by atoms with Crippen LogP contribution in [0.2, 0.25) is 5.15 Å². The SMILES string of the molecule is Clc1cc(-c2ccccc2)cc([IH+])n1. The van der Waals surface area contributed by atoms with Crippen LogP contribution in [0.4, 0.5) is 0 Å². The van der Waals surface area contributed by atoms with Crippen molar-refractivity contribution in [3.05, 3.63) is 51.3 Å². The first-order valence-electron chi connectivity index (χ1n) is 4.16. The van der Waals surface area contributed by atoms with Gasteiger partial charge >= 0.3 is 22.6 Å². The highest BCUT2D eigenvalue weighted by atomic mass is 127. The van der Waals surface area contributed by atoms with Gasteiger partial charge in [-0.1, -0.05) is 41.9 Å². The monoisotopic (exact) mass is 316 g/mol. The molecule has 2 aromatic rings. The summed E-state index contributed by atoms with van der Waals surface area (Å²) in [7, 11) is 0. The molecule has 0 aliphatic heterocycles. The second-order valence-corrected chi connectivity index (χ2v) is 4.46. The van der Waals surface area contributed by atoms with E-state index in [0.29, 0.717) is 5.15 Å². The van der Waals surface area contributed by atoms with E-state index in [1.54, 1.807) is 0 Å². The van der Waals surface area contributed by atoms with Crippen molar-refractivity contribution in [1.82, 2.24) is 4.98 Å². The van der Waals surface area contributed by atoms with Crippen molar-refractivity contribution < 1.29 is 22.6 Å². The molecule has 1 nitrogen and oxygen atoms in total. The summed E-state index contributed by atoms with van der Waals surface area (Å²) in [6.45, 7) is 0. The molecule has 0 fully saturated rings. The molecule has 1 aromatic carbocycles. The highest BCUT2D eigenvalue weighted by Gasteiger charge is 2.05. The Hall–Kier alpha value is -0.610. The van der Waals surface area contributed by atoms with Crippen molar-refractivity contribution >= 4 is 11.6 Å². The largest absolute Gasteiger partial charge is 0.318 e. The van der Waals surface area contributed by atoms with E-state index in [1.807, 2.05) is 52.9 Å². The summed E-state index contributed by atoms with van der Waals surface area (Å²) in [6, 6.07) is 14.1. The van der Waals surface area contributed by atoms with E-state index in [4.69, 9.17) is 11.6 Å². The Balaban J connectivity index is 2.52. The zero-order valence-electron chi connectivity index (χ0n) is 7.27. The quantitative estimate of drug-likeness (QED) is 0.527. The molecule has 0 amide bonds. The summed E-state index contributed by atoms with van der Waals surface area (Å²) < 4.78 is 0.951. The van der Waals surface area contributed by atoms with Gasteiger partial charge in [0.1, 0.15) is 5.15 Å². The lowest BCUT2D eigenvalue weighted by Gasteiger charge is -1.99. The van der Waals surface area contributed by atoms with Crippen LogP contribution in [0.1, 0.15) is 0 Å². The number of nitrogens with zero attached hydrogens (tertiary/aromatic N) is 1. The van der Waals surface area contributed by atoms with E-state index in [-0.39, 0.29) is 0 Å². The third kappa shape index (κ3) is 2.25. The standard InChI is InChI=1S/C11H8ClIN/c12-10-6-9(7-11(13)14-10)8-4-2-1-3-5-8/h1-7,13H/q+1. The molecule has 0 aliphatic carbocycles. The Morgan fingerprint density at radius 1 is 1.00 bits per heavy atom. The van der Waals surface area contributed by atoms with Crippen molar-refractivity contribution in [1.29, 1.82) is 0 Å². The molecule has 0 saturated carbocycles. The minimum Gasteiger partial charge on any atom is -0.192 e. The Labute approximate surface area is 101 Å². The van der Waals surface area contributed by atoms with E-state index in [2.05, 4.69) is 17.1 Å². The van der Waals surface area contributed by atoms with Crippen LogP contribution >= 0.6 is 11.6 Å². The number of rotatable bonds is 1. The Kier molecular flexibility index (Phi) is 3.03. The molecule has 0 spiro atoms. The fourth-order valence-electron chi connectivity index (χ4n) is 1.27. The van der Waals surface area contributed by atoms with Crippen molar-refractivity contribution in [3.8, 4) is 11.1 Å². The molecule has 0 saturated heterocycles. The molecular formula is C11H8ClIN+. The molecule has 1 heterocycles. The van der Waals surface area contributed by atoms with Crippen LogP contribution in [0.3, 0.4) is 0 Å². The Morgan fingerprint density at radius 3 is 2.36 bits per heavy atom. The van der Waals surface area contributed by atoms with Crippen LogP contribution in [-0.2, 0) is 0 Å². The second-order valence-electron chi connectivity index (χ2n) is 2.88. The predicted molar refractivity (Wildman–Crippen MR) is 54.8 cm³/mol. The van der Waals surface area contributed by atoms with Gasteiger partial charge in [-0.15, -0.1) is 0 Å². The molecular weight excluding hydrogens is 308 g/mol. The smallest absolute Gasteiger partial charge is 0.192 e. The van der Waals surface area contributed by atoms with E-state index in [1.165, 1.54) is 5.56 Å². The summed E-state index contributed by atoms with van der Waals surface area (Å²) in [6.07, 6.45) is 0. The van der Waals surface area contributed by atoms with Crippen molar-refractivity contribution in [3.63, 3.8) is 0 Å². The maximum atomic E-state index is 5.89. The third-order valence-corrected chi connectivity index (χ3v) is 2.67. The van der Waals surface area contributed by atoms with Crippen LogP contribution in [0, 0.1) is 3.70 Å². The summed E-state index contributed by atoms with van der Waals surface area (Å²) in [5.41, 5.74) is 2.28. The molecule has 3 heteroatoms. The van der Waals surface area contributed by atoms with E-state index in [0.717, 1.165) is 9.26 Å². The van der Waals surface area contributed by atoms with Crippen LogP contribution in [0.5, 0.6) is 0 Å². The molecule has 0 radical (unpaired) electrons. The maximum Gasteiger partial charge on any atom is 0.318 e. The van der Waals surface area contributed by atoms with E-state index < -0.39 is 0 Å². The molecule has 14 heavy (non-hydrogen) atoms. The van der Waals surface area contributed by atoms with Gasteiger partial charge < -0.3 is 0 Å². The zero-order valence-corrected chi connectivity index (χ0v) is 10.4. The van der Waals surface area contributed by atoms with Crippen LogP contribution in [0.15, 0.2) is 42.5 Å². The van der Waals surface area contributed by atoms with Gasteiger partial charge in [-0.25, -0.2) is 0 Å². The molecule has 70 valence electrons. The summed E-state index contributed by atoms with van der Waals surface area (Å²) in [4.78, 5) is 4.13. The average Bonchev–Trinajstić information content (AvgIpc) is 2.18. The van der Waals surface area contributed by atoms with Gasteiger partial charge in [0.2, 0.25) is 0 Å². The molecule has 0 unspecified atom stereocenters. The van der Waals surface area contributed by atoms with Gasteiger partial charge in [0.25, 0.3) is 3.70 Å². The van der Waals surface area contributed by atoms with Crippen LogP contribution < -0.4 is 22.6 Å². The lowest BCUT2D eigenvalue weighted by molar-refractivity contribution is -0.337. The molecule has 1 aromatic heterocycles. The van der Waals surface area contributed by atoms with Crippen molar-refractivity contribution in [2.75, 3.05) is 0 Å². The number of hydrogen-bond donors (Lipinski definition) is 0. The normalized spacial score (nSPS) is 10.1. The van der Waals surface area contributed by atoms with Gasteiger partial charge in [0.15, 0.2) is 0 Å². The van der Waals surface area contributed by atoms with Gasteiger partial charge in [0.05, 0.1) is 0 Å². The number of hydrogen-bond acceptors (Lipinski definition) is 1. The van der Waals surface area contributed by atoms with Gasteiger partial charge in [-0.3, -0.25) is 0 Å². The highest BCUT2D eigenvalue weighted by molar-refractivity contribution is 6.29. The maximum absolute atomic E-state index is 5.89. The second kappa shape index (κ2) is 4.28. The van der Waals surface area contributed by atoms with Gasteiger partial charge in [0, 0.05) is 6.07 Å². The first-order valence-corrected chi connectivity index (χ1v) is 5.70. The van der Waals surface area contributed by atoms with Gasteiger partial charge in [-0.05, 0) is 17.2 Å². The van der Waals surface area contributed by atoms with Crippen molar-refractivity contribution in [2.24, 2.45) is 0 Å². The van der Waals surface area contributed by atoms with Gasteiger partial charge in [-0.2, -0.15) is 4.98 Å². The first-order chi connectivity index (χ1) is 6.75. The number of benzene rings is 1. The fourth-order valence-corrected chi connectivity index (χ4v) is 2.28. The molecule has 0 aliphatic rings. The van der Waals surface area contributed by atoms with E-state index in [9.17, 15) is 0 Å². The minimum atomic E-state index is 0.548.